The van der Waals surface area contributed by atoms with Crippen molar-refractivity contribution in [3.63, 3.8) is 0 Å². The van der Waals surface area contributed by atoms with Crippen LogP contribution in [0.5, 0.6) is 17.2 Å². The van der Waals surface area contributed by atoms with Gasteiger partial charge in [-0.1, -0.05) is 94.2 Å². The standard InChI is InChI=1S/C33H48NO7PS/c1-4-5-6-7-8-9-10-11-12-15-22-38-31-19-16-20-32(28(31)2)39-25-30(37-3)26-40-42(35,36)41-33-18-14-13-17-29(33)24-34-21-23-43-27-34/h13-14,16-21,23,27,30H,4-12,15,22,24-26H2,1-3H3/p+1. The molecule has 0 saturated heterocycles. The lowest BCUT2D eigenvalue weighted by Gasteiger charge is -2.20. The Kier molecular flexibility index (Phi) is 16.1. The molecule has 0 spiro atoms. The van der Waals surface area contributed by atoms with Crippen LogP contribution in [0.4, 0.5) is 0 Å². The Morgan fingerprint density at radius 2 is 1.51 bits per heavy atom. The molecule has 1 heterocycles. The summed E-state index contributed by atoms with van der Waals surface area (Å²) in [6.07, 6.45) is 14.2. The van der Waals surface area contributed by atoms with E-state index in [0.29, 0.717) is 24.7 Å². The van der Waals surface area contributed by atoms with Crippen LogP contribution >= 0.6 is 19.2 Å². The number of rotatable bonds is 23. The molecule has 0 radical (unpaired) electrons. The average Bonchev–Trinajstić information content (AvgIpc) is 3.51. The van der Waals surface area contributed by atoms with Crippen LogP contribution in [0, 0.1) is 6.92 Å². The molecule has 0 fully saturated rings. The maximum Gasteiger partial charge on any atom is 0.527 e. The number of methoxy groups -OCH3 is 1. The molecule has 3 aromatic rings. The van der Waals surface area contributed by atoms with Gasteiger partial charge >= 0.3 is 7.82 Å². The molecule has 2 aromatic carbocycles. The second kappa shape index (κ2) is 19.8. The van der Waals surface area contributed by atoms with Crippen LogP contribution in [0.3, 0.4) is 0 Å². The van der Waals surface area contributed by atoms with Gasteiger partial charge in [0.2, 0.25) is 5.51 Å². The Labute approximate surface area is 261 Å². The van der Waals surface area contributed by atoms with Gasteiger partial charge in [0, 0.05) is 12.7 Å². The molecule has 0 bridgehead atoms. The van der Waals surface area contributed by atoms with Crippen LogP contribution in [0.2, 0.25) is 0 Å². The van der Waals surface area contributed by atoms with Crippen LogP contribution in [-0.4, -0.2) is 37.9 Å². The molecule has 1 N–H and O–H groups in total. The van der Waals surface area contributed by atoms with Crippen LogP contribution in [0.25, 0.3) is 0 Å². The molecule has 0 aliphatic rings. The van der Waals surface area contributed by atoms with Gasteiger partial charge in [0.25, 0.3) is 0 Å². The first-order valence-electron chi connectivity index (χ1n) is 15.5. The van der Waals surface area contributed by atoms with Crippen LogP contribution < -0.4 is 18.6 Å². The summed E-state index contributed by atoms with van der Waals surface area (Å²) in [5, 5.41) is 1.96. The van der Waals surface area contributed by atoms with Crippen molar-refractivity contribution >= 4 is 19.2 Å². The summed E-state index contributed by atoms with van der Waals surface area (Å²) < 4.78 is 43.0. The topological polar surface area (TPSA) is 87.3 Å². The zero-order valence-electron chi connectivity index (χ0n) is 25.9. The fraction of sp³-hybridized carbons (Fsp3) is 0.545. The molecule has 1 aromatic heterocycles. The molecule has 3 rings (SSSR count). The molecule has 238 valence electrons. The summed E-state index contributed by atoms with van der Waals surface area (Å²) in [5.74, 6) is 1.76. The van der Waals surface area contributed by atoms with E-state index in [-0.39, 0.29) is 13.2 Å². The highest BCUT2D eigenvalue weighted by Gasteiger charge is 2.27. The number of aromatic nitrogens is 1. The smallest absolute Gasteiger partial charge is 0.493 e. The Bertz CT molecular complexity index is 1220. The number of hydrogen-bond donors (Lipinski definition) is 1. The Hall–Kier alpha value is -2.42. The van der Waals surface area contributed by atoms with E-state index in [9.17, 15) is 9.46 Å². The molecule has 8 nitrogen and oxygen atoms in total. The number of phosphoric ester groups is 1. The highest BCUT2D eigenvalue weighted by molar-refractivity contribution is 7.47. The normalized spacial score (nSPS) is 13.4. The lowest BCUT2D eigenvalue weighted by molar-refractivity contribution is -0.683. The molecule has 0 amide bonds. The Morgan fingerprint density at radius 3 is 2.19 bits per heavy atom. The van der Waals surface area contributed by atoms with Crippen molar-refractivity contribution in [3.8, 4) is 17.2 Å². The second-order valence-electron chi connectivity index (χ2n) is 10.7. The SMILES string of the molecule is CCCCCCCCCCCCOc1cccc(OCC(COP(=O)(O)Oc2ccccc2C[n+]2ccsc2)OC)c1C. The first-order valence-corrected chi connectivity index (χ1v) is 17.9. The third kappa shape index (κ3) is 13.4. The number of unbranched alkanes of at least 4 members (excludes halogenated alkanes) is 9. The Morgan fingerprint density at radius 1 is 0.860 bits per heavy atom. The molecular weight excluding hydrogens is 585 g/mol. The van der Waals surface area contributed by atoms with Crippen LogP contribution in [0.1, 0.15) is 82.3 Å². The van der Waals surface area contributed by atoms with Crippen molar-refractivity contribution in [1.29, 1.82) is 0 Å². The molecule has 2 atom stereocenters. The number of nitrogens with zero attached hydrogens (tertiary/aromatic N) is 1. The van der Waals surface area contributed by atoms with Gasteiger partial charge < -0.3 is 18.7 Å². The van der Waals surface area contributed by atoms with E-state index in [2.05, 4.69) is 6.92 Å². The Balaban J connectivity index is 1.39. The van der Waals surface area contributed by atoms with E-state index in [1.165, 1.54) is 64.9 Å². The fourth-order valence-corrected chi connectivity index (χ4v) is 6.08. The van der Waals surface area contributed by atoms with Gasteiger partial charge in [0.1, 0.15) is 30.0 Å². The second-order valence-corrected chi connectivity index (χ2v) is 12.9. The highest BCUT2D eigenvalue weighted by atomic mass is 32.1. The van der Waals surface area contributed by atoms with Gasteiger partial charge in [0.05, 0.1) is 24.2 Å². The highest BCUT2D eigenvalue weighted by Crippen LogP contribution is 2.45. The fourth-order valence-electron chi connectivity index (χ4n) is 4.65. The predicted octanol–water partition coefficient (Wildman–Crippen LogP) is 8.28. The zero-order valence-corrected chi connectivity index (χ0v) is 27.7. The lowest BCUT2D eigenvalue weighted by Crippen LogP contribution is -2.30. The molecule has 43 heavy (non-hydrogen) atoms. The van der Waals surface area contributed by atoms with Gasteiger partial charge in [-0.2, -0.15) is 4.57 Å². The van der Waals surface area contributed by atoms with Crippen molar-refractivity contribution < 1.29 is 37.3 Å². The van der Waals surface area contributed by atoms with Crippen molar-refractivity contribution in [2.75, 3.05) is 26.9 Å². The minimum Gasteiger partial charge on any atom is -0.493 e. The van der Waals surface area contributed by atoms with Gasteiger partial charge in [-0.25, -0.2) is 4.57 Å². The average molecular weight is 635 g/mol. The first kappa shape index (κ1) is 35.1. The van der Waals surface area contributed by atoms with Gasteiger partial charge in [-0.05, 0) is 37.6 Å². The van der Waals surface area contributed by atoms with E-state index in [1.54, 1.807) is 23.5 Å². The molecule has 0 aliphatic carbocycles. The third-order valence-electron chi connectivity index (χ3n) is 7.24. The number of phosphoric acid groups is 1. The van der Waals surface area contributed by atoms with E-state index in [0.717, 1.165) is 23.3 Å². The van der Waals surface area contributed by atoms with E-state index >= 15 is 0 Å². The van der Waals surface area contributed by atoms with Crippen LogP contribution in [-0.2, 0) is 20.4 Å². The van der Waals surface area contributed by atoms with E-state index in [4.69, 9.17) is 23.3 Å². The molecule has 10 heteroatoms. The summed E-state index contributed by atoms with van der Waals surface area (Å²) in [4.78, 5) is 10.4. The number of thiazole rings is 1. The summed E-state index contributed by atoms with van der Waals surface area (Å²) in [5.41, 5.74) is 3.62. The lowest BCUT2D eigenvalue weighted by atomic mass is 10.1. The molecule has 0 aliphatic heterocycles. The minimum absolute atomic E-state index is 0.130. The van der Waals surface area contributed by atoms with Crippen molar-refractivity contribution in [3.05, 3.63) is 70.7 Å². The quantitative estimate of drug-likeness (QED) is 0.0638. The predicted molar refractivity (Wildman–Crippen MR) is 171 cm³/mol. The van der Waals surface area contributed by atoms with E-state index < -0.39 is 13.9 Å². The maximum absolute atomic E-state index is 12.8. The monoisotopic (exact) mass is 634 g/mol. The zero-order chi connectivity index (χ0) is 30.8. The molecule has 2 unspecified atom stereocenters. The summed E-state index contributed by atoms with van der Waals surface area (Å²) >= 11 is 1.57. The van der Waals surface area contributed by atoms with Crippen LogP contribution in [0.15, 0.2) is 59.6 Å². The van der Waals surface area contributed by atoms with Crippen molar-refractivity contribution in [2.24, 2.45) is 0 Å². The first-order chi connectivity index (χ1) is 20.9. The number of para-hydroxylation sites is 1. The van der Waals surface area contributed by atoms with Crippen molar-refractivity contribution in [1.82, 2.24) is 0 Å². The minimum atomic E-state index is -4.40. The van der Waals surface area contributed by atoms with E-state index in [1.807, 2.05) is 58.9 Å². The molecule has 0 saturated carbocycles. The summed E-state index contributed by atoms with van der Waals surface area (Å²) in [7, 11) is -2.90. The largest absolute Gasteiger partial charge is 0.527 e. The van der Waals surface area contributed by atoms with Gasteiger partial charge in [0.15, 0.2) is 12.7 Å². The number of benzene rings is 2. The van der Waals surface area contributed by atoms with Gasteiger partial charge in [-0.3, -0.25) is 9.42 Å². The van der Waals surface area contributed by atoms with Crippen molar-refractivity contribution in [2.45, 2.75) is 90.7 Å². The summed E-state index contributed by atoms with van der Waals surface area (Å²) in [6, 6.07) is 12.8. The number of ether oxygens (including phenoxy) is 3. The summed E-state index contributed by atoms with van der Waals surface area (Å²) in [6.45, 7) is 5.35. The third-order valence-corrected chi connectivity index (χ3v) is 8.81. The molecular formula is C33H49NO7PS+. The maximum atomic E-state index is 12.8. The number of hydrogen-bond acceptors (Lipinski definition) is 7. The van der Waals surface area contributed by atoms with Gasteiger partial charge in [-0.15, -0.1) is 0 Å².